The second kappa shape index (κ2) is 15.7. The van der Waals surface area contributed by atoms with Gasteiger partial charge >= 0.3 is 14.2 Å². The van der Waals surface area contributed by atoms with E-state index in [4.69, 9.17) is 14.2 Å². The monoisotopic (exact) mass is 412 g/mol. The van der Waals surface area contributed by atoms with Gasteiger partial charge in [-0.05, 0) is 50.2 Å². The van der Waals surface area contributed by atoms with E-state index < -0.39 is 8.25 Å². The Balaban J connectivity index is 2.40. The molecular weight excluding hydrogens is 375 g/mol. The van der Waals surface area contributed by atoms with Crippen LogP contribution < -0.4 is 0 Å². The second-order valence-corrected chi connectivity index (χ2v) is 8.05. The molecule has 0 aliphatic heterocycles. The number of benzene rings is 1. The zero-order valence-electron chi connectivity index (χ0n) is 17.5. The molecule has 0 saturated carbocycles. The first-order valence-electron chi connectivity index (χ1n) is 10.7. The quantitative estimate of drug-likeness (QED) is 0.221. The van der Waals surface area contributed by atoms with Crippen LogP contribution in [0.15, 0.2) is 24.3 Å². The lowest BCUT2D eigenvalue weighted by Crippen LogP contribution is -2.20. The molecule has 1 N–H and O–H groups in total. The van der Waals surface area contributed by atoms with Crippen molar-refractivity contribution in [3.05, 3.63) is 35.4 Å². The maximum atomic E-state index is 12.1. The third-order valence-corrected chi connectivity index (χ3v) is 5.39. The number of hydrogen-bond acceptors (Lipinski definition) is 4. The molecule has 0 bridgehead atoms. The van der Waals surface area contributed by atoms with Crippen molar-refractivity contribution in [1.82, 2.24) is 0 Å². The van der Waals surface area contributed by atoms with E-state index in [2.05, 4.69) is 31.2 Å². The predicted molar refractivity (Wildman–Crippen MR) is 114 cm³/mol. The van der Waals surface area contributed by atoms with Gasteiger partial charge in [-0.1, -0.05) is 63.3 Å². The van der Waals surface area contributed by atoms with Crippen LogP contribution >= 0.6 is 8.25 Å². The maximum Gasteiger partial charge on any atom is 0.316 e. The first-order chi connectivity index (χ1) is 13.6. The van der Waals surface area contributed by atoms with E-state index in [9.17, 15) is 9.36 Å². The molecule has 1 rings (SSSR count). The summed E-state index contributed by atoms with van der Waals surface area (Å²) in [4.78, 5) is 20.9. The molecule has 160 valence electrons. The summed E-state index contributed by atoms with van der Waals surface area (Å²) in [5.74, 6) is -0.576. The minimum atomic E-state index is -2.96. The van der Waals surface area contributed by atoms with Crippen molar-refractivity contribution in [3.8, 4) is 0 Å². The van der Waals surface area contributed by atoms with Crippen molar-refractivity contribution >= 4 is 14.2 Å². The number of unbranched alkanes of at least 4 members (excludes halogenated alkanes) is 5. The largest absolute Gasteiger partial charge is 0.466 e. The highest BCUT2D eigenvalue weighted by Gasteiger charge is 2.19. The number of rotatable bonds is 16. The van der Waals surface area contributed by atoms with Crippen LogP contribution in [-0.2, 0) is 31.5 Å². The van der Waals surface area contributed by atoms with E-state index >= 15 is 0 Å². The van der Waals surface area contributed by atoms with Gasteiger partial charge in [0.25, 0.3) is 0 Å². The van der Waals surface area contributed by atoms with Gasteiger partial charge < -0.3 is 14.2 Å². The Morgan fingerprint density at radius 3 is 2.18 bits per heavy atom. The summed E-state index contributed by atoms with van der Waals surface area (Å²) in [6, 6.07) is 8.64. The summed E-state index contributed by atoms with van der Waals surface area (Å²) < 4.78 is 20.5. The predicted octanol–water partition coefficient (Wildman–Crippen LogP) is 5.49. The lowest BCUT2D eigenvalue weighted by molar-refractivity contribution is -0.148. The fraction of sp³-hybridized carbons (Fsp3) is 0.682. The van der Waals surface area contributed by atoms with Gasteiger partial charge in [-0.15, -0.1) is 0 Å². The van der Waals surface area contributed by atoms with Gasteiger partial charge in [0.1, 0.15) is 0 Å². The third kappa shape index (κ3) is 11.6. The average molecular weight is 413 g/mol. The Labute approximate surface area is 170 Å². The molecule has 0 saturated heterocycles. The number of aryl methyl sites for hydroxylation is 2. The Morgan fingerprint density at radius 1 is 0.964 bits per heavy atom. The van der Waals surface area contributed by atoms with Gasteiger partial charge in [0.15, 0.2) is 0 Å². The molecular formula is C22H37O5P. The van der Waals surface area contributed by atoms with Crippen LogP contribution in [0.5, 0.6) is 0 Å². The zero-order valence-corrected chi connectivity index (χ0v) is 18.5. The van der Waals surface area contributed by atoms with Gasteiger partial charge in [0, 0.05) is 0 Å². The van der Waals surface area contributed by atoms with E-state index in [1.54, 1.807) is 6.92 Å². The van der Waals surface area contributed by atoms with Crippen molar-refractivity contribution in [2.45, 2.75) is 78.1 Å². The number of esters is 1. The van der Waals surface area contributed by atoms with Crippen LogP contribution in [0.25, 0.3) is 0 Å². The molecule has 0 aromatic heterocycles. The minimum absolute atomic E-state index is 0.0922. The molecule has 5 nitrogen and oxygen atoms in total. The van der Waals surface area contributed by atoms with Crippen molar-refractivity contribution in [3.63, 3.8) is 0 Å². The Hall–Kier alpha value is -1.16. The van der Waals surface area contributed by atoms with Crippen molar-refractivity contribution < 1.29 is 23.5 Å². The topological polar surface area (TPSA) is 72.8 Å². The van der Waals surface area contributed by atoms with Crippen molar-refractivity contribution in [2.75, 3.05) is 13.2 Å². The molecule has 6 heteroatoms. The molecule has 2 unspecified atom stereocenters. The maximum absolute atomic E-state index is 12.1. The van der Waals surface area contributed by atoms with Crippen molar-refractivity contribution in [1.29, 1.82) is 0 Å². The first kappa shape index (κ1) is 24.9. The van der Waals surface area contributed by atoms with Crippen LogP contribution in [0.4, 0.5) is 0 Å². The van der Waals surface area contributed by atoms with E-state index in [0.717, 1.165) is 12.8 Å². The standard InChI is InChI=1S/C22H37O5P/c1-3-5-6-7-8-9-10-19-11-13-20(14-12-19)15-16-21(22(23)26-4-2)17-18-27-28(24)25/h11-14,21,28H,3-10,15-18H2,1-2H3,(H,24,25). The molecule has 0 heterocycles. The minimum Gasteiger partial charge on any atom is -0.466 e. The highest BCUT2D eigenvalue weighted by atomic mass is 31.1. The van der Waals surface area contributed by atoms with Gasteiger partial charge in [-0.2, -0.15) is 0 Å². The number of ether oxygens (including phenoxy) is 1. The Morgan fingerprint density at radius 2 is 1.57 bits per heavy atom. The normalized spacial score (nSPS) is 13.2. The van der Waals surface area contributed by atoms with Crippen LogP contribution in [0, 0.1) is 5.92 Å². The second-order valence-electron chi connectivity index (χ2n) is 7.22. The molecule has 0 aliphatic rings. The third-order valence-electron chi connectivity index (χ3n) is 4.94. The molecule has 2 atom stereocenters. The number of carbonyl (C=O) groups is 1. The van der Waals surface area contributed by atoms with Gasteiger partial charge in [0.05, 0.1) is 19.1 Å². The van der Waals surface area contributed by atoms with E-state index in [1.165, 1.54) is 49.7 Å². The lowest BCUT2D eigenvalue weighted by atomic mass is 9.96. The highest BCUT2D eigenvalue weighted by molar-refractivity contribution is 7.32. The summed E-state index contributed by atoms with van der Waals surface area (Å²) in [5.41, 5.74) is 2.56. The number of carbonyl (C=O) groups excluding carboxylic acids is 1. The van der Waals surface area contributed by atoms with Gasteiger partial charge in [-0.3, -0.25) is 9.36 Å². The molecule has 1 aromatic rings. The Bertz CT molecular complexity index is 559. The van der Waals surface area contributed by atoms with Crippen LogP contribution in [0.3, 0.4) is 0 Å². The number of hydrogen-bond donors (Lipinski definition) is 1. The van der Waals surface area contributed by atoms with Crippen LogP contribution in [-0.4, -0.2) is 24.1 Å². The summed E-state index contributed by atoms with van der Waals surface area (Å²) in [5, 5.41) is 0. The molecule has 1 aromatic carbocycles. The molecule has 0 radical (unpaired) electrons. The van der Waals surface area contributed by atoms with Crippen LogP contribution in [0.2, 0.25) is 0 Å². The lowest BCUT2D eigenvalue weighted by Gasteiger charge is -2.15. The van der Waals surface area contributed by atoms with E-state index in [0.29, 0.717) is 19.4 Å². The molecule has 28 heavy (non-hydrogen) atoms. The van der Waals surface area contributed by atoms with Crippen LogP contribution in [0.1, 0.15) is 76.3 Å². The first-order valence-corrected chi connectivity index (χ1v) is 11.9. The molecule has 0 aliphatic carbocycles. The molecule has 0 spiro atoms. The SMILES string of the molecule is CCCCCCCCc1ccc(CCC(CCO[PH](=O)O)C(=O)OCC)cc1. The smallest absolute Gasteiger partial charge is 0.316 e. The van der Waals surface area contributed by atoms with E-state index in [1.807, 2.05) is 0 Å². The van der Waals surface area contributed by atoms with Gasteiger partial charge in [0.2, 0.25) is 0 Å². The summed E-state index contributed by atoms with van der Waals surface area (Å²) >= 11 is 0. The fourth-order valence-corrected chi connectivity index (χ4v) is 3.54. The molecule has 0 fully saturated rings. The average Bonchev–Trinajstić information content (AvgIpc) is 2.68. The van der Waals surface area contributed by atoms with Crippen molar-refractivity contribution in [2.24, 2.45) is 5.92 Å². The fourth-order valence-electron chi connectivity index (χ4n) is 3.25. The summed E-state index contributed by atoms with van der Waals surface area (Å²) in [7, 11) is -2.96. The van der Waals surface area contributed by atoms with Gasteiger partial charge in [-0.25, -0.2) is 0 Å². The molecule has 0 amide bonds. The highest BCUT2D eigenvalue weighted by Crippen LogP contribution is 2.20. The zero-order chi connectivity index (χ0) is 20.6. The Kier molecular flexibility index (Phi) is 14.0. The summed E-state index contributed by atoms with van der Waals surface area (Å²) in [6.45, 7) is 4.44. The summed E-state index contributed by atoms with van der Waals surface area (Å²) in [6.07, 6.45) is 10.8. The van der Waals surface area contributed by atoms with E-state index in [-0.39, 0.29) is 18.5 Å².